The summed E-state index contributed by atoms with van der Waals surface area (Å²) in [6.45, 7) is 4.31. The van der Waals surface area contributed by atoms with Crippen LogP contribution in [0.5, 0.6) is 5.75 Å². The zero-order chi connectivity index (χ0) is 16.2. The van der Waals surface area contributed by atoms with Gasteiger partial charge in [0.05, 0.1) is 31.3 Å². The predicted molar refractivity (Wildman–Crippen MR) is 90.3 cm³/mol. The molecule has 1 aromatic carbocycles. The molecule has 0 saturated carbocycles. The van der Waals surface area contributed by atoms with E-state index in [1.807, 2.05) is 41.2 Å². The Hall–Kier alpha value is -2.67. The zero-order valence-electron chi connectivity index (χ0n) is 13.3. The number of ether oxygens (including phenoxy) is 2. The number of rotatable bonds is 5. The molecule has 7 nitrogen and oxygen atoms in total. The summed E-state index contributed by atoms with van der Waals surface area (Å²) in [4.78, 5) is 11.1. The lowest BCUT2D eigenvalue weighted by atomic mass is 10.3. The highest BCUT2D eigenvalue weighted by Gasteiger charge is 2.17. The maximum absolute atomic E-state index is 5.74. The Morgan fingerprint density at radius 3 is 2.75 bits per heavy atom. The van der Waals surface area contributed by atoms with E-state index in [1.54, 1.807) is 6.33 Å². The number of para-hydroxylation sites is 1. The summed E-state index contributed by atoms with van der Waals surface area (Å²) in [5, 5.41) is 5.43. The van der Waals surface area contributed by atoms with Gasteiger partial charge in [0, 0.05) is 13.1 Å². The molecule has 1 fully saturated rings. The van der Waals surface area contributed by atoms with Gasteiger partial charge in [-0.3, -0.25) is 0 Å². The summed E-state index contributed by atoms with van der Waals surface area (Å²) >= 11 is 0. The van der Waals surface area contributed by atoms with Gasteiger partial charge in [-0.2, -0.15) is 5.10 Å². The van der Waals surface area contributed by atoms with Crippen molar-refractivity contribution < 1.29 is 9.47 Å². The molecule has 1 saturated heterocycles. The zero-order valence-corrected chi connectivity index (χ0v) is 13.3. The van der Waals surface area contributed by atoms with Gasteiger partial charge < -0.3 is 14.4 Å². The number of anilines is 1. The van der Waals surface area contributed by atoms with E-state index in [0.717, 1.165) is 48.9 Å². The van der Waals surface area contributed by atoms with E-state index in [9.17, 15) is 0 Å². The average molecular weight is 325 g/mol. The number of benzene rings is 1. The van der Waals surface area contributed by atoms with Crippen LogP contribution in [0.2, 0.25) is 0 Å². The van der Waals surface area contributed by atoms with E-state index in [2.05, 4.69) is 20.0 Å². The Balaban J connectivity index is 1.50. The van der Waals surface area contributed by atoms with Gasteiger partial charge in [-0.25, -0.2) is 14.6 Å². The molecule has 0 radical (unpaired) electrons. The van der Waals surface area contributed by atoms with Crippen LogP contribution in [-0.2, 0) is 11.3 Å². The van der Waals surface area contributed by atoms with Gasteiger partial charge in [-0.15, -0.1) is 0 Å². The van der Waals surface area contributed by atoms with Crippen LogP contribution in [0.25, 0.3) is 11.0 Å². The molecule has 4 rings (SSSR count). The standard InChI is InChI=1S/C17H19N5O2/c1-2-4-14(5-3-1)24-11-8-22-17-15(12-20-22)16(18-13-19-17)21-6-9-23-10-7-21/h1-5,12-13H,6-11H2. The van der Waals surface area contributed by atoms with Crippen molar-refractivity contribution in [2.45, 2.75) is 6.54 Å². The lowest BCUT2D eigenvalue weighted by Crippen LogP contribution is -2.36. The SMILES string of the molecule is c1ccc(OCCn2ncc3c(N4CCOCC4)ncnc32)cc1. The first-order valence-electron chi connectivity index (χ1n) is 8.09. The molecule has 2 aromatic heterocycles. The monoisotopic (exact) mass is 325 g/mol. The first-order valence-corrected chi connectivity index (χ1v) is 8.09. The maximum Gasteiger partial charge on any atom is 0.163 e. The smallest absolute Gasteiger partial charge is 0.163 e. The van der Waals surface area contributed by atoms with E-state index in [4.69, 9.17) is 9.47 Å². The third-order valence-electron chi connectivity index (χ3n) is 4.04. The van der Waals surface area contributed by atoms with Crippen LogP contribution in [0, 0.1) is 0 Å². The van der Waals surface area contributed by atoms with Gasteiger partial charge in [0.25, 0.3) is 0 Å². The molecule has 1 aliphatic rings. The molecule has 0 bridgehead atoms. The van der Waals surface area contributed by atoms with E-state index in [0.29, 0.717) is 13.2 Å². The van der Waals surface area contributed by atoms with Crippen molar-refractivity contribution in [1.29, 1.82) is 0 Å². The number of fused-ring (bicyclic) bond motifs is 1. The third kappa shape index (κ3) is 3.03. The Bertz CT molecular complexity index is 799. The Kier molecular flexibility index (Phi) is 4.24. The van der Waals surface area contributed by atoms with Crippen molar-refractivity contribution in [3.63, 3.8) is 0 Å². The second kappa shape index (κ2) is 6.84. The first kappa shape index (κ1) is 14.9. The first-order chi connectivity index (χ1) is 11.9. The fourth-order valence-corrected chi connectivity index (χ4v) is 2.84. The van der Waals surface area contributed by atoms with Gasteiger partial charge in [0.15, 0.2) is 5.65 Å². The van der Waals surface area contributed by atoms with Crippen molar-refractivity contribution in [2.24, 2.45) is 0 Å². The molecule has 0 aliphatic carbocycles. The van der Waals surface area contributed by atoms with Crippen LogP contribution >= 0.6 is 0 Å². The molecule has 0 unspecified atom stereocenters. The number of hydrogen-bond acceptors (Lipinski definition) is 6. The lowest BCUT2D eigenvalue weighted by Gasteiger charge is -2.27. The van der Waals surface area contributed by atoms with Crippen molar-refractivity contribution in [3.05, 3.63) is 42.9 Å². The molecule has 0 N–H and O–H groups in total. The predicted octanol–water partition coefficient (Wildman–Crippen LogP) is 1.74. The van der Waals surface area contributed by atoms with E-state index >= 15 is 0 Å². The highest BCUT2D eigenvalue weighted by Crippen LogP contribution is 2.23. The summed E-state index contributed by atoms with van der Waals surface area (Å²) in [7, 11) is 0. The molecule has 24 heavy (non-hydrogen) atoms. The molecule has 0 spiro atoms. The van der Waals surface area contributed by atoms with Gasteiger partial charge in [-0.1, -0.05) is 18.2 Å². The number of nitrogens with zero attached hydrogens (tertiary/aromatic N) is 5. The van der Waals surface area contributed by atoms with Crippen LogP contribution in [0.4, 0.5) is 5.82 Å². The van der Waals surface area contributed by atoms with Gasteiger partial charge in [0.2, 0.25) is 0 Å². The molecular weight excluding hydrogens is 306 g/mol. The molecule has 3 aromatic rings. The normalized spacial score (nSPS) is 14.9. The largest absolute Gasteiger partial charge is 0.492 e. The molecular formula is C17H19N5O2. The minimum atomic E-state index is 0.539. The number of aromatic nitrogens is 4. The molecule has 3 heterocycles. The fraction of sp³-hybridized carbons (Fsp3) is 0.353. The summed E-state index contributed by atoms with van der Waals surface area (Å²) in [5.74, 6) is 1.79. The van der Waals surface area contributed by atoms with Gasteiger partial charge in [-0.05, 0) is 12.1 Å². The Morgan fingerprint density at radius 1 is 1.08 bits per heavy atom. The van der Waals surface area contributed by atoms with Crippen molar-refractivity contribution in [3.8, 4) is 5.75 Å². The van der Waals surface area contributed by atoms with Crippen LogP contribution in [0.3, 0.4) is 0 Å². The van der Waals surface area contributed by atoms with E-state index in [-0.39, 0.29) is 0 Å². The molecule has 0 atom stereocenters. The van der Waals surface area contributed by atoms with Crippen molar-refractivity contribution in [2.75, 3.05) is 37.8 Å². The fourth-order valence-electron chi connectivity index (χ4n) is 2.84. The summed E-state index contributed by atoms with van der Waals surface area (Å²) in [6.07, 6.45) is 3.44. The highest BCUT2D eigenvalue weighted by atomic mass is 16.5. The molecule has 7 heteroatoms. The third-order valence-corrected chi connectivity index (χ3v) is 4.04. The summed E-state index contributed by atoms with van der Waals surface area (Å²) in [6, 6.07) is 9.78. The summed E-state index contributed by atoms with van der Waals surface area (Å²) < 4.78 is 13.0. The minimum Gasteiger partial charge on any atom is -0.492 e. The Labute approximate surface area is 139 Å². The molecule has 0 amide bonds. The second-order valence-corrected chi connectivity index (χ2v) is 5.56. The van der Waals surface area contributed by atoms with Gasteiger partial charge >= 0.3 is 0 Å². The Morgan fingerprint density at radius 2 is 1.92 bits per heavy atom. The number of morpholine rings is 1. The lowest BCUT2D eigenvalue weighted by molar-refractivity contribution is 0.122. The van der Waals surface area contributed by atoms with E-state index in [1.165, 1.54) is 0 Å². The molecule has 1 aliphatic heterocycles. The van der Waals surface area contributed by atoms with Crippen LogP contribution in [0.15, 0.2) is 42.9 Å². The molecule has 124 valence electrons. The average Bonchev–Trinajstić information content (AvgIpc) is 3.07. The van der Waals surface area contributed by atoms with Crippen LogP contribution in [-0.4, -0.2) is 52.7 Å². The van der Waals surface area contributed by atoms with Crippen LogP contribution in [0.1, 0.15) is 0 Å². The summed E-state index contributed by atoms with van der Waals surface area (Å²) in [5.41, 5.74) is 0.836. The highest BCUT2D eigenvalue weighted by molar-refractivity contribution is 5.86. The van der Waals surface area contributed by atoms with Crippen LogP contribution < -0.4 is 9.64 Å². The van der Waals surface area contributed by atoms with Gasteiger partial charge in [0.1, 0.15) is 24.5 Å². The number of hydrogen-bond donors (Lipinski definition) is 0. The van der Waals surface area contributed by atoms with Crippen molar-refractivity contribution >= 4 is 16.9 Å². The quantitative estimate of drug-likeness (QED) is 0.712. The minimum absolute atomic E-state index is 0.539. The maximum atomic E-state index is 5.74. The topological polar surface area (TPSA) is 65.3 Å². The second-order valence-electron chi connectivity index (χ2n) is 5.56. The van der Waals surface area contributed by atoms with Crippen molar-refractivity contribution in [1.82, 2.24) is 19.7 Å². The van der Waals surface area contributed by atoms with E-state index < -0.39 is 0 Å².